The Labute approximate surface area is 225 Å². The van der Waals surface area contributed by atoms with Gasteiger partial charge in [0.15, 0.2) is 6.61 Å². The van der Waals surface area contributed by atoms with E-state index in [1.165, 1.54) is 17.3 Å². The van der Waals surface area contributed by atoms with Crippen LogP contribution in [0, 0.1) is 6.92 Å². The van der Waals surface area contributed by atoms with Crippen LogP contribution in [0.5, 0.6) is 0 Å². The van der Waals surface area contributed by atoms with Gasteiger partial charge in [0.1, 0.15) is 5.01 Å². The molecular formula is C28H21BrN2O3S2. The van der Waals surface area contributed by atoms with Gasteiger partial charge in [-0.2, -0.15) is 0 Å². The fraction of sp³-hybridized carbons (Fsp3) is 0.107. The van der Waals surface area contributed by atoms with Gasteiger partial charge in [0.05, 0.1) is 16.0 Å². The van der Waals surface area contributed by atoms with Gasteiger partial charge < -0.3 is 10.1 Å². The molecule has 0 saturated heterocycles. The number of thiazole rings is 1. The lowest BCUT2D eigenvalue weighted by Gasteiger charge is -2.09. The molecule has 8 heteroatoms. The number of fused-ring (bicyclic) bond motifs is 2. The van der Waals surface area contributed by atoms with Crippen molar-refractivity contribution < 1.29 is 14.3 Å². The Morgan fingerprint density at radius 3 is 2.67 bits per heavy atom. The zero-order chi connectivity index (χ0) is 25.1. The van der Waals surface area contributed by atoms with E-state index >= 15 is 0 Å². The van der Waals surface area contributed by atoms with E-state index in [4.69, 9.17) is 9.72 Å². The summed E-state index contributed by atoms with van der Waals surface area (Å²) >= 11 is 6.63. The second-order valence-corrected chi connectivity index (χ2v) is 11.0. The number of ether oxygens (including phenoxy) is 1. The van der Waals surface area contributed by atoms with Crippen molar-refractivity contribution in [2.75, 3.05) is 17.7 Å². The van der Waals surface area contributed by atoms with E-state index in [0.717, 1.165) is 40.9 Å². The fourth-order valence-electron chi connectivity index (χ4n) is 3.70. The third kappa shape index (κ3) is 5.61. The second-order valence-electron chi connectivity index (χ2n) is 8.16. The summed E-state index contributed by atoms with van der Waals surface area (Å²) in [6.07, 6.45) is 0. The van der Waals surface area contributed by atoms with Crippen molar-refractivity contribution in [2.45, 2.75) is 11.8 Å². The molecule has 0 spiro atoms. The van der Waals surface area contributed by atoms with Gasteiger partial charge in [0.25, 0.3) is 5.91 Å². The SMILES string of the molecule is Cc1ccc2nc(-c3ccc(NC(=O)COC(=O)CSc4ccc5ccccc5c4Br)cc3)sc2c1. The first-order chi connectivity index (χ1) is 17.5. The number of esters is 1. The minimum atomic E-state index is -0.448. The maximum atomic E-state index is 12.3. The van der Waals surface area contributed by atoms with E-state index in [2.05, 4.69) is 40.3 Å². The minimum Gasteiger partial charge on any atom is -0.455 e. The second kappa shape index (κ2) is 10.8. The van der Waals surface area contributed by atoms with Crippen LogP contribution in [0.3, 0.4) is 0 Å². The summed E-state index contributed by atoms with van der Waals surface area (Å²) in [6, 6.07) is 25.7. The molecule has 0 aliphatic carbocycles. The van der Waals surface area contributed by atoms with Crippen LogP contribution in [0.1, 0.15) is 5.56 Å². The zero-order valence-corrected chi connectivity index (χ0v) is 22.5. The zero-order valence-electron chi connectivity index (χ0n) is 19.3. The molecule has 0 saturated carbocycles. The molecule has 1 amide bonds. The van der Waals surface area contributed by atoms with Crippen molar-refractivity contribution in [2.24, 2.45) is 0 Å². The molecule has 0 fully saturated rings. The number of halogens is 1. The van der Waals surface area contributed by atoms with Crippen LogP contribution in [0.15, 0.2) is 88.2 Å². The van der Waals surface area contributed by atoms with Gasteiger partial charge in [-0.15, -0.1) is 23.1 Å². The van der Waals surface area contributed by atoms with Gasteiger partial charge in [-0.05, 0) is 81.7 Å². The quantitative estimate of drug-likeness (QED) is 0.161. The van der Waals surface area contributed by atoms with Crippen LogP contribution < -0.4 is 5.32 Å². The first-order valence-corrected chi connectivity index (χ1v) is 13.8. The number of rotatable bonds is 7. The number of hydrogen-bond acceptors (Lipinski definition) is 6. The largest absolute Gasteiger partial charge is 0.455 e. The number of nitrogens with one attached hydrogen (secondary N) is 1. The lowest BCUT2D eigenvalue weighted by atomic mass is 10.1. The molecular weight excluding hydrogens is 556 g/mol. The average Bonchev–Trinajstić information content (AvgIpc) is 3.31. The lowest BCUT2D eigenvalue weighted by molar-refractivity contribution is -0.144. The Morgan fingerprint density at radius 1 is 1.03 bits per heavy atom. The van der Waals surface area contributed by atoms with E-state index in [1.807, 2.05) is 66.7 Å². The van der Waals surface area contributed by atoms with Crippen LogP contribution in [0.2, 0.25) is 0 Å². The van der Waals surface area contributed by atoms with E-state index in [0.29, 0.717) is 5.69 Å². The van der Waals surface area contributed by atoms with Crippen molar-refractivity contribution in [3.8, 4) is 10.6 Å². The summed E-state index contributed by atoms with van der Waals surface area (Å²) in [5.41, 5.74) is 3.80. The first kappa shape index (κ1) is 24.5. The van der Waals surface area contributed by atoms with E-state index in [-0.39, 0.29) is 18.3 Å². The Kier molecular flexibility index (Phi) is 7.36. The van der Waals surface area contributed by atoms with Crippen LogP contribution in [-0.2, 0) is 14.3 Å². The number of benzene rings is 4. The molecule has 1 heterocycles. The predicted octanol–water partition coefficient (Wildman–Crippen LogP) is 7.46. The number of anilines is 1. The maximum Gasteiger partial charge on any atom is 0.316 e. The molecule has 0 unspecified atom stereocenters. The smallest absolute Gasteiger partial charge is 0.316 e. The van der Waals surface area contributed by atoms with Crippen molar-refractivity contribution in [1.29, 1.82) is 0 Å². The number of carbonyl (C=O) groups excluding carboxylic acids is 2. The van der Waals surface area contributed by atoms with Gasteiger partial charge in [-0.1, -0.05) is 36.4 Å². The Bertz CT molecular complexity index is 1580. The Morgan fingerprint density at radius 2 is 1.83 bits per heavy atom. The molecule has 5 nitrogen and oxygen atoms in total. The Balaban J connectivity index is 1.12. The highest BCUT2D eigenvalue weighted by Crippen LogP contribution is 2.34. The lowest BCUT2D eigenvalue weighted by Crippen LogP contribution is -2.21. The molecule has 0 aliphatic heterocycles. The predicted molar refractivity (Wildman–Crippen MR) is 152 cm³/mol. The number of aromatic nitrogens is 1. The van der Waals surface area contributed by atoms with Crippen molar-refractivity contribution >= 4 is 77.6 Å². The van der Waals surface area contributed by atoms with Gasteiger partial charge in [0.2, 0.25) is 0 Å². The number of nitrogens with zero attached hydrogens (tertiary/aromatic N) is 1. The van der Waals surface area contributed by atoms with Crippen LogP contribution in [0.25, 0.3) is 31.6 Å². The highest BCUT2D eigenvalue weighted by molar-refractivity contribution is 9.10. The number of amides is 1. The number of aryl methyl sites for hydroxylation is 1. The molecule has 4 aromatic carbocycles. The molecule has 36 heavy (non-hydrogen) atoms. The molecule has 5 aromatic rings. The summed E-state index contributed by atoms with van der Waals surface area (Å²) in [7, 11) is 0. The van der Waals surface area contributed by atoms with Gasteiger partial charge in [0, 0.05) is 20.6 Å². The summed E-state index contributed by atoms with van der Waals surface area (Å²) in [4.78, 5) is 30.1. The third-order valence-corrected chi connectivity index (χ3v) is 8.71. The molecule has 5 rings (SSSR count). The molecule has 180 valence electrons. The molecule has 0 aliphatic rings. The highest BCUT2D eigenvalue weighted by atomic mass is 79.9. The minimum absolute atomic E-state index is 0.112. The van der Waals surface area contributed by atoms with E-state index in [9.17, 15) is 9.59 Å². The number of hydrogen-bond donors (Lipinski definition) is 1. The summed E-state index contributed by atoms with van der Waals surface area (Å²) in [5.74, 6) is -0.722. The summed E-state index contributed by atoms with van der Waals surface area (Å²) in [5, 5.41) is 5.90. The topological polar surface area (TPSA) is 68.3 Å². The van der Waals surface area contributed by atoms with Crippen molar-refractivity contribution in [3.05, 3.63) is 88.9 Å². The fourth-order valence-corrected chi connectivity index (χ4v) is 6.36. The van der Waals surface area contributed by atoms with E-state index in [1.54, 1.807) is 11.3 Å². The number of thioether (sulfide) groups is 1. The average molecular weight is 578 g/mol. The number of carbonyl (C=O) groups is 2. The molecule has 1 aromatic heterocycles. The standard InChI is InChI=1S/C28H21BrN2O3S2/c1-17-6-12-22-24(14-17)36-28(31-22)19-7-10-20(11-8-19)30-25(32)15-34-26(33)16-35-23-13-9-18-4-2-3-5-21(18)27(23)29/h2-14H,15-16H2,1H3,(H,30,32). The normalized spacial score (nSPS) is 11.1. The van der Waals surface area contributed by atoms with Crippen molar-refractivity contribution in [3.63, 3.8) is 0 Å². The van der Waals surface area contributed by atoms with Gasteiger partial charge in [-0.25, -0.2) is 4.98 Å². The van der Waals surface area contributed by atoms with Crippen LogP contribution >= 0.6 is 39.0 Å². The van der Waals surface area contributed by atoms with Crippen LogP contribution in [0.4, 0.5) is 5.69 Å². The highest BCUT2D eigenvalue weighted by Gasteiger charge is 2.12. The molecule has 1 N–H and O–H groups in total. The summed E-state index contributed by atoms with van der Waals surface area (Å²) in [6.45, 7) is 1.73. The van der Waals surface area contributed by atoms with E-state index < -0.39 is 5.97 Å². The third-order valence-electron chi connectivity index (χ3n) is 5.50. The molecule has 0 atom stereocenters. The molecule has 0 bridgehead atoms. The summed E-state index contributed by atoms with van der Waals surface area (Å²) < 4.78 is 7.26. The van der Waals surface area contributed by atoms with Crippen LogP contribution in [-0.4, -0.2) is 29.2 Å². The van der Waals surface area contributed by atoms with Gasteiger partial charge >= 0.3 is 5.97 Å². The van der Waals surface area contributed by atoms with Gasteiger partial charge in [-0.3, -0.25) is 9.59 Å². The first-order valence-electron chi connectivity index (χ1n) is 11.2. The van der Waals surface area contributed by atoms with Crippen molar-refractivity contribution in [1.82, 2.24) is 4.98 Å². The maximum absolute atomic E-state index is 12.3. The molecule has 0 radical (unpaired) electrons. The monoisotopic (exact) mass is 576 g/mol. The Hall–Kier alpha value is -3.20.